The van der Waals surface area contributed by atoms with Crippen molar-refractivity contribution in [2.75, 3.05) is 13.1 Å². The van der Waals surface area contributed by atoms with Crippen LogP contribution < -0.4 is 4.74 Å². The first kappa shape index (κ1) is 17.5. The summed E-state index contributed by atoms with van der Waals surface area (Å²) in [6.07, 6.45) is 5.53. The molecule has 1 fully saturated rings. The Morgan fingerprint density at radius 2 is 1.93 bits per heavy atom. The maximum Gasteiger partial charge on any atom is 0.387 e. The van der Waals surface area contributed by atoms with Crippen molar-refractivity contribution in [3.8, 4) is 5.75 Å². The largest absolute Gasteiger partial charge is 0.435 e. The summed E-state index contributed by atoms with van der Waals surface area (Å²) in [6, 6.07) is 9.83. The quantitative estimate of drug-likeness (QED) is 0.748. The molecule has 3 aromatic rings. The first-order valence-corrected chi connectivity index (χ1v) is 8.88. The number of likely N-dealkylation sites (tertiary alicyclic amines) is 1. The fourth-order valence-corrected chi connectivity index (χ4v) is 3.67. The summed E-state index contributed by atoms with van der Waals surface area (Å²) in [5.41, 5.74) is 2.61. The van der Waals surface area contributed by atoms with Gasteiger partial charge in [-0.05, 0) is 60.7 Å². The number of rotatable bonds is 4. The van der Waals surface area contributed by atoms with Crippen LogP contribution in [0.2, 0.25) is 0 Å². The summed E-state index contributed by atoms with van der Waals surface area (Å²) in [6.45, 7) is -1.55. The van der Waals surface area contributed by atoms with Gasteiger partial charge in [0.25, 0.3) is 5.91 Å². The number of H-pyrrole nitrogens is 1. The van der Waals surface area contributed by atoms with Crippen LogP contribution in [-0.2, 0) is 0 Å². The number of pyridine rings is 1. The Hall–Kier alpha value is -2.96. The summed E-state index contributed by atoms with van der Waals surface area (Å²) in [7, 11) is 0. The van der Waals surface area contributed by atoms with Crippen molar-refractivity contribution in [1.82, 2.24) is 14.9 Å². The zero-order chi connectivity index (χ0) is 18.8. The van der Waals surface area contributed by atoms with Crippen LogP contribution in [0.5, 0.6) is 5.75 Å². The molecule has 1 aliphatic heterocycles. The van der Waals surface area contributed by atoms with Gasteiger partial charge in [-0.2, -0.15) is 8.78 Å². The van der Waals surface area contributed by atoms with Crippen LogP contribution in [0.4, 0.5) is 8.78 Å². The zero-order valence-electron chi connectivity index (χ0n) is 14.6. The van der Waals surface area contributed by atoms with Gasteiger partial charge in [0, 0.05) is 36.4 Å². The van der Waals surface area contributed by atoms with Gasteiger partial charge >= 0.3 is 6.61 Å². The van der Waals surface area contributed by atoms with Gasteiger partial charge < -0.3 is 14.6 Å². The summed E-state index contributed by atoms with van der Waals surface area (Å²) < 4.78 is 28.8. The van der Waals surface area contributed by atoms with Crippen LogP contribution in [0.25, 0.3) is 11.0 Å². The highest BCUT2D eigenvalue weighted by Gasteiger charge is 2.26. The van der Waals surface area contributed by atoms with Crippen LogP contribution in [0.3, 0.4) is 0 Å². The molecule has 1 amide bonds. The monoisotopic (exact) mass is 371 g/mol. The Morgan fingerprint density at radius 3 is 2.63 bits per heavy atom. The van der Waals surface area contributed by atoms with Crippen LogP contribution in [0.1, 0.15) is 34.7 Å². The lowest BCUT2D eigenvalue weighted by atomic mass is 9.89. The smallest absolute Gasteiger partial charge is 0.387 e. The van der Waals surface area contributed by atoms with Crippen molar-refractivity contribution in [2.24, 2.45) is 0 Å². The van der Waals surface area contributed by atoms with Gasteiger partial charge in [-0.3, -0.25) is 4.79 Å². The van der Waals surface area contributed by atoms with Crippen molar-refractivity contribution >= 4 is 16.9 Å². The first-order chi connectivity index (χ1) is 13.1. The molecule has 0 atom stereocenters. The lowest BCUT2D eigenvalue weighted by Gasteiger charge is -2.32. The van der Waals surface area contributed by atoms with Crippen molar-refractivity contribution in [2.45, 2.75) is 25.4 Å². The van der Waals surface area contributed by atoms with Crippen molar-refractivity contribution in [3.05, 3.63) is 59.9 Å². The Bertz CT molecular complexity index is 932. The fourth-order valence-electron chi connectivity index (χ4n) is 3.67. The van der Waals surface area contributed by atoms with Crippen LogP contribution >= 0.6 is 0 Å². The van der Waals surface area contributed by atoms with E-state index in [-0.39, 0.29) is 11.7 Å². The predicted molar refractivity (Wildman–Crippen MR) is 97.0 cm³/mol. The molecule has 0 bridgehead atoms. The van der Waals surface area contributed by atoms with Crippen molar-refractivity contribution in [1.29, 1.82) is 0 Å². The molecule has 1 N–H and O–H groups in total. The minimum atomic E-state index is -2.87. The molecule has 4 rings (SSSR count). The van der Waals surface area contributed by atoms with Gasteiger partial charge in [-0.15, -0.1) is 0 Å². The summed E-state index contributed by atoms with van der Waals surface area (Å²) in [4.78, 5) is 22.0. The standard InChI is InChI=1S/C20H19F2N3O2/c21-20(22)27-15-5-3-14(4-6-15)19(26)25-10-7-13(8-11-25)17-12-24-18-16(17)2-1-9-23-18/h1-6,9,12-13,20H,7-8,10-11H2,(H,23,24). The molecule has 1 aromatic carbocycles. The SMILES string of the molecule is O=C(c1ccc(OC(F)F)cc1)N1CCC(c2c[nH]c3ncccc23)CC1. The number of fused-ring (bicyclic) bond motifs is 1. The lowest BCUT2D eigenvalue weighted by Crippen LogP contribution is -2.37. The van der Waals surface area contributed by atoms with Crippen LogP contribution in [0, 0.1) is 0 Å². The number of alkyl halides is 2. The van der Waals surface area contributed by atoms with Crippen molar-refractivity contribution < 1.29 is 18.3 Å². The third kappa shape index (κ3) is 3.63. The second-order valence-corrected chi connectivity index (χ2v) is 6.61. The Labute approximate surface area is 155 Å². The third-order valence-corrected chi connectivity index (χ3v) is 5.03. The van der Waals surface area contributed by atoms with Crippen molar-refractivity contribution in [3.63, 3.8) is 0 Å². The summed E-state index contributed by atoms with van der Waals surface area (Å²) in [5.74, 6) is 0.347. The maximum absolute atomic E-state index is 12.7. The highest BCUT2D eigenvalue weighted by Crippen LogP contribution is 2.33. The second kappa shape index (κ2) is 7.34. The van der Waals surface area contributed by atoms with E-state index in [2.05, 4.69) is 20.8 Å². The molecule has 0 saturated carbocycles. The second-order valence-electron chi connectivity index (χ2n) is 6.61. The molecular formula is C20H19F2N3O2. The number of aromatic nitrogens is 2. The van der Waals surface area contributed by atoms with E-state index in [1.54, 1.807) is 6.20 Å². The number of piperidine rings is 1. The van der Waals surface area contributed by atoms with E-state index < -0.39 is 6.61 Å². The topological polar surface area (TPSA) is 58.2 Å². The number of hydrogen-bond acceptors (Lipinski definition) is 3. The Kier molecular flexibility index (Phi) is 4.75. The minimum absolute atomic E-state index is 0.0493. The average Bonchev–Trinajstić information content (AvgIpc) is 3.12. The molecule has 27 heavy (non-hydrogen) atoms. The summed E-state index contributed by atoms with van der Waals surface area (Å²) in [5, 5.41) is 1.14. The maximum atomic E-state index is 12.7. The summed E-state index contributed by atoms with van der Waals surface area (Å²) >= 11 is 0. The molecule has 7 heteroatoms. The van der Waals surface area contributed by atoms with Gasteiger partial charge in [0.1, 0.15) is 11.4 Å². The molecule has 0 spiro atoms. The van der Waals surface area contributed by atoms with Gasteiger partial charge in [-0.25, -0.2) is 4.98 Å². The normalized spacial score (nSPS) is 15.4. The fraction of sp³-hybridized carbons (Fsp3) is 0.300. The molecule has 0 unspecified atom stereocenters. The molecule has 3 heterocycles. The molecule has 140 valence electrons. The number of benzene rings is 1. The average molecular weight is 371 g/mol. The molecule has 0 radical (unpaired) electrons. The molecule has 5 nitrogen and oxygen atoms in total. The highest BCUT2D eigenvalue weighted by atomic mass is 19.3. The number of aromatic amines is 1. The van der Waals surface area contributed by atoms with Crippen LogP contribution in [0.15, 0.2) is 48.8 Å². The third-order valence-electron chi connectivity index (χ3n) is 5.03. The predicted octanol–water partition coefficient (Wildman–Crippen LogP) is 4.18. The minimum Gasteiger partial charge on any atom is -0.435 e. The van der Waals surface area contributed by atoms with E-state index >= 15 is 0 Å². The Morgan fingerprint density at radius 1 is 1.19 bits per heavy atom. The van der Waals surface area contributed by atoms with Crippen LogP contribution in [-0.4, -0.2) is 40.5 Å². The molecule has 1 saturated heterocycles. The van der Waals surface area contributed by atoms with E-state index in [0.717, 1.165) is 23.9 Å². The Balaban J connectivity index is 1.40. The van der Waals surface area contributed by atoms with Gasteiger partial charge in [0.2, 0.25) is 0 Å². The molecule has 0 aliphatic carbocycles. The van der Waals surface area contributed by atoms with E-state index in [1.165, 1.54) is 29.8 Å². The molecule has 2 aromatic heterocycles. The number of hydrogen-bond donors (Lipinski definition) is 1. The number of nitrogens with one attached hydrogen (secondary N) is 1. The van der Waals surface area contributed by atoms with Gasteiger partial charge in [0.15, 0.2) is 0 Å². The van der Waals surface area contributed by atoms with E-state index in [1.807, 2.05) is 17.2 Å². The van der Waals surface area contributed by atoms with Gasteiger partial charge in [0.05, 0.1) is 0 Å². The van der Waals surface area contributed by atoms with Gasteiger partial charge in [-0.1, -0.05) is 0 Å². The number of nitrogens with zero attached hydrogens (tertiary/aromatic N) is 2. The number of carbonyl (C=O) groups excluding carboxylic acids is 1. The number of carbonyl (C=O) groups is 1. The van der Waals surface area contributed by atoms with E-state index in [9.17, 15) is 13.6 Å². The number of ether oxygens (including phenoxy) is 1. The number of amides is 1. The number of halogens is 2. The highest BCUT2D eigenvalue weighted by molar-refractivity contribution is 5.94. The van der Waals surface area contributed by atoms with E-state index in [4.69, 9.17) is 0 Å². The molecular weight excluding hydrogens is 352 g/mol. The lowest BCUT2D eigenvalue weighted by molar-refractivity contribution is -0.0498. The zero-order valence-corrected chi connectivity index (χ0v) is 14.6. The first-order valence-electron chi connectivity index (χ1n) is 8.88. The molecule has 1 aliphatic rings. The van der Waals surface area contributed by atoms with E-state index in [0.29, 0.717) is 24.6 Å².